The highest BCUT2D eigenvalue weighted by Crippen LogP contribution is 2.46. The Bertz CT molecular complexity index is 620. The Balaban J connectivity index is 2.80. The van der Waals surface area contributed by atoms with Crippen LogP contribution in [0.3, 0.4) is 0 Å². The topological polar surface area (TPSA) is 0 Å². The Morgan fingerprint density at radius 1 is 0.611 bits per heavy atom. The van der Waals surface area contributed by atoms with Crippen molar-refractivity contribution in [3.8, 4) is 11.1 Å². The number of rotatable bonds is 1. The quantitative estimate of drug-likeness (QED) is 0.223. The van der Waals surface area contributed by atoms with E-state index in [9.17, 15) is 0 Å². The van der Waals surface area contributed by atoms with Crippen molar-refractivity contribution in [1.82, 2.24) is 0 Å². The van der Waals surface area contributed by atoms with E-state index in [1.54, 1.807) is 0 Å². The molecule has 0 radical (unpaired) electrons. The minimum absolute atomic E-state index is 0.993. The van der Waals surface area contributed by atoms with Crippen LogP contribution in [0.25, 0.3) is 11.1 Å². The lowest BCUT2D eigenvalue weighted by molar-refractivity contribution is 1.46. The minimum Gasteiger partial charge on any atom is -0.0604 e. The standard InChI is InChI=1S/C12H4Br6/c13-6-3-1-2-5(10(6)16)9-7(14)4-8(15)11(17)12(9)18/h1-4H. The van der Waals surface area contributed by atoms with Gasteiger partial charge in [0.2, 0.25) is 0 Å². The van der Waals surface area contributed by atoms with Crippen molar-refractivity contribution >= 4 is 95.6 Å². The van der Waals surface area contributed by atoms with Gasteiger partial charge in [-0.2, -0.15) is 0 Å². The first-order valence-electron chi connectivity index (χ1n) is 4.71. The van der Waals surface area contributed by atoms with Crippen molar-refractivity contribution in [2.75, 3.05) is 0 Å². The SMILES string of the molecule is Brc1cccc(-c2c(Br)cc(Br)c(Br)c2Br)c1Br. The van der Waals surface area contributed by atoms with Crippen molar-refractivity contribution < 1.29 is 0 Å². The van der Waals surface area contributed by atoms with Gasteiger partial charge in [0.1, 0.15) is 0 Å². The van der Waals surface area contributed by atoms with E-state index in [2.05, 4.69) is 102 Å². The number of hydrogen-bond acceptors (Lipinski definition) is 0. The average molecular weight is 628 g/mol. The molecule has 0 aliphatic rings. The zero-order valence-corrected chi connectivity index (χ0v) is 18.1. The zero-order chi connectivity index (χ0) is 13.4. The van der Waals surface area contributed by atoms with Crippen LogP contribution in [-0.2, 0) is 0 Å². The first-order chi connectivity index (χ1) is 8.43. The van der Waals surface area contributed by atoms with Gasteiger partial charge in [-0.15, -0.1) is 0 Å². The lowest BCUT2D eigenvalue weighted by atomic mass is 10.1. The Labute approximate surface area is 156 Å². The molecule has 0 saturated heterocycles. The van der Waals surface area contributed by atoms with E-state index >= 15 is 0 Å². The molecule has 2 rings (SSSR count). The van der Waals surface area contributed by atoms with Crippen molar-refractivity contribution in [1.29, 1.82) is 0 Å². The van der Waals surface area contributed by atoms with E-state index in [-0.39, 0.29) is 0 Å². The molecule has 0 N–H and O–H groups in total. The Kier molecular flexibility index (Phi) is 5.58. The number of hydrogen-bond donors (Lipinski definition) is 0. The third-order valence-electron chi connectivity index (χ3n) is 2.34. The fraction of sp³-hybridized carbons (Fsp3) is 0. The summed E-state index contributed by atoms with van der Waals surface area (Å²) < 4.78 is 6.06. The summed E-state index contributed by atoms with van der Waals surface area (Å²) in [4.78, 5) is 0. The van der Waals surface area contributed by atoms with Crippen molar-refractivity contribution in [3.05, 3.63) is 51.1 Å². The van der Waals surface area contributed by atoms with Crippen LogP contribution < -0.4 is 0 Å². The van der Waals surface area contributed by atoms with Gasteiger partial charge in [0, 0.05) is 32.4 Å². The second-order valence-electron chi connectivity index (χ2n) is 3.44. The molecule has 0 aliphatic carbocycles. The molecule has 0 heterocycles. The molecule has 2 aromatic carbocycles. The predicted molar refractivity (Wildman–Crippen MR) is 98.1 cm³/mol. The van der Waals surface area contributed by atoms with Gasteiger partial charge in [0.25, 0.3) is 0 Å². The molecule has 0 spiro atoms. The van der Waals surface area contributed by atoms with Gasteiger partial charge in [-0.25, -0.2) is 0 Å². The van der Waals surface area contributed by atoms with Crippen molar-refractivity contribution in [3.63, 3.8) is 0 Å². The third-order valence-corrected chi connectivity index (χ3v) is 8.31. The van der Waals surface area contributed by atoms with Gasteiger partial charge >= 0.3 is 0 Å². The first kappa shape index (κ1) is 15.7. The molecular formula is C12H4Br6. The van der Waals surface area contributed by atoms with Crippen LogP contribution in [0.2, 0.25) is 0 Å². The summed E-state index contributed by atoms with van der Waals surface area (Å²) in [6, 6.07) is 8.11. The molecule has 0 bridgehead atoms. The highest BCUT2D eigenvalue weighted by atomic mass is 79.9. The van der Waals surface area contributed by atoms with Gasteiger partial charge in [0.05, 0.1) is 0 Å². The fourth-order valence-corrected chi connectivity index (χ4v) is 5.20. The molecule has 18 heavy (non-hydrogen) atoms. The summed E-state index contributed by atoms with van der Waals surface area (Å²) in [5, 5.41) is 0. The highest BCUT2D eigenvalue weighted by Gasteiger charge is 2.16. The lowest BCUT2D eigenvalue weighted by Crippen LogP contribution is -1.87. The molecule has 94 valence electrons. The van der Waals surface area contributed by atoms with Crippen molar-refractivity contribution in [2.45, 2.75) is 0 Å². The fourth-order valence-electron chi connectivity index (χ4n) is 1.51. The van der Waals surface area contributed by atoms with E-state index in [4.69, 9.17) is 0 Å². The van der Waals surface area contributed by atoms with Crippen LogP contribution in [0.15, 0.2) is 51.1 Å². The smallest absolute Gasteiger partial charge is 0.0466 e. The first-order valence-corrected chi connectivity index (χ1v) is 9.46. The Hall–Kier alpha value is 1.32. The largest absolute Gasteiger partial charge is 0.0604 e. The molecule has 0 saturated carbocycles. The number of benzene rings is 2. The van der Waals surface area contributed by atoms with Crippen LogP contribution in [-0.4, -0.2) is 0 Å². The van der Waals surface area contributed by atoms with Gasteiger partial charge in [0.15, 0.2) is 0 Å². The molecule has 6 heteroatoms. The van der Waals surface area contributed by atoms with Gasteiger partial charge < -0.3 is 0 Å². The van der Waals surface area contributed by atoms with Gasteiger partial charge in [-0.3, -0.25) is 0 Å². The lowest BCUT2D eigenvalue weighted by Gasteiger charge is -2.13. The normalized spacial score (nSPS) is 10.8. The maximum absolute atomic E-state index is 3.63. The highest BCUT2D eigenvalue weighted by molar-refractivity contribution is 9.14. The van der Waals surface area contributed by atoms with Crippen LogP contribution >= 0.6 is 95.6 Å². The molecule has 2 aromatic rings. The maximum Gasteiger partial charge on any atom is 0.0466 e. The second-order valence-corrected chi connectivity index (χ2v) is 8.39. The summed E-state index contributed by atoms with van der Waals surface area (Å²) >= 11 is 21.5. The molecule has 0 aliphatic heterocycles. The van der Waals surface area contributed by atoms with E-state index in [0.29, 0.717) is 0 Å². The Morgan fingerprint density at radius 3 is 1.94 bits per heavy atom. The predicted octanol–water partition coefficient (Wildman–Crippen LogP) is 7.93. The minimum atomic E-state index is 0.993. The molecule has 0 unspecified atom stereocenters. The van der Waals surface area contributed by atoms with Crippen LogP contribution in [0.5, 0.6) is 0 Å². The van der Waals surface area contributed by atoms with Crippen LogP contribution in [0.1, 0.15) is 0 Å². The summed E-state index contributed by atoms with van der Waals surface area (Å²) in [5.74, 6) is 0. The number of halogens is 6. The van der Waals surface area contributed by atoms with E-state index < -0.39 is 0 Å². The van der Waals surface area contributed by atoms with Gasteiger partial charge in [-0.05, 0) is 97.3 Å². The third kappa shape index (κ3) is 2.98. The molecular weight excluding hydrogens is 624 g/mol. The summed E-state index contributed by atoms with van der Waals surface area (Å²) in [6.07, 6.45) is 0. The molecule has 0 atom stereocenters. The average Bonchev–Trinajstić information content (AvgIpc) is 2.32. The molecule has 0 aromatic heterocycles. The summed E-state index contributed by atoms with van der Waals surface area (Å²) in [6.45, 7) is 0. The van der Waals surface area contributed by atoms with Gasteiger partial charge in [-0.1, -0.05) is 28.1 Å². The van der Waals surface area contributed by atoms with E-state index in [1.165, 1.54) is 0 Å². The summed E-state index contributed by atoms with van der Waals surface area (Å²) in [7, 11) is 0. The van der Waals surface area contributed by atoms with Crippen molar-refractivity contribution in [2.24, 2.45) is 0 Å². The molecule has 0 fully saturated rings. The van der Waals surface area contributed by atoms with E-state index in [1.807, 2.05) is 18.2 Å². The van der Waals surface area contributed by atoms with Crippen LogP contribution in [0, 0.1) is 0 Å². The van der Waals surface area contributed by atoms with Crippen LogP contribution in [0.4, 0.5) is 0 Å². The molecule has 0 amide bonds. The maximum atomic E-state index is 3.63. The molecule has 0 nitrogen and oxygen atoms in total. The van der Waals surface area contributed by atoms with E-state index in [0.717, 1.165) is 38.0 Å². The Morgan fingerprint density at radius 2 is 1.28 bits per heavy atom. The summed E-state index contributed by atoms with van der Waals surface area (Å²) in [5.41, 5.74) is 2.20. The second kappa shape index (κ2) is 6.39. The monoisotopic (exact) mass is 622 g/mol. The zero-order valence-electron chi connectivity index (χ0n) is 8.58.